The van der Waals surface area contributed by atoms with Crippen molar-refractivity contribution in [2.24, 2.45) is 17.7 Å². The van der Waals surface area contributed by atoms with Crippen LogP contribution >= 0.6 is 0 Å². The first-order valence-electron chi connectivity index (χ1n) is 6.31. The molecule has 0 aromatic heterocycles. The highest BCUT2D eigenvalue weighted by molar-refractivity contribution is 5.94. The summed E-state index contributed by atoms with van der Waals surface area (Å²) in [7, 11) is 0. The number of aryl methyl sites for hydroxylation is 1. The molecule has 1 aromatic rings. The molecule has 1 unspecified atom stereocenters. The molecule has 0 saturated carbocycles. The van der Waals surface area contributed by atoms with Gasteiger partial charge in [0.2, 0.25) is 0 Å². The summed E-state index contributed by atoms with van der Waals surface area (Å²) >= 11 is 0. The van der Waals surface area contributed by atoms with Crippen molar-refractivity contribution in [1.82, 2.24) is 5.32 Å². The zero-order valence-corrected chi connectivity index (χ0v) is 11.6. The molecular formula is C14H23N3O. The molecule has 0 bridgehead atoms. The molecular weight excluding hydrogens is 226 g/mol. The van der Waals surface area contributed by atoms with E-state index in [1.807, 2.05) is 19.1 Å². The first-order chi connectivity index (χ1) is 8.45. The van der Waals surface area contributed by atoms with E-state index in [2.05, 4.69) is 31.5 Å². The second-order valence-electron chi connectivity index (χ2n) is 5.11. The summed E-state index contributed by atoms with van der Waals surface area (Å²) in [5.41, 5.74) is 5.06. The van der Waals surface area contributed by atoms with Crippen LogP contribution in [0.25, 0.3) is 0 Å². The molecule has 4 N–H and O–H groups in total. The van der Waals surface area contributed by atoms with Crippen molar-refractivity contribution in [2.75, 3.05) is 12.0 Å². The van der Waals surface area contributed by atoms with Gasteiger partial charge in [0.1, 0.15) is 0 Å². The number of carbonyl (C=O) groups excluding carboxylic acids is 1. The molecule has 18 heavy (non-hydrogen) atoms. The van der Waals surface area contributed by atoms with E-state index in [0.717, 1.165) is 11.3 Å². The van der Waals surface area contributed by atoms with E-state index in [9.17, 15) is 4.79 Å². The van der Waals surface area contributed by atoms with Crippen molar-refractivity contribution in [1.29, 1.82) is 0 Å². The third kappa shape index (κ3) is 3.74. The first kappa shape index (κ1) is 14.5. The Kier molecular flexibility index (Phi) is 5.16. The lowest BCUT2D eigenvalue weighted by atomic mass is 9.98. The number of hydrazine groups is 1. The molecule has 0 heterocycles. The number of hydrogen-bond donors (Lipinski definition) is 3. The zero-order valence-electron chi connectivity index (χ0n) is 11.6. The molecule has 1 atom stereocenters. The number of amides is 1. The van der Waals surface area contributed by atoms with Gasteiger partial charge in [0.15, 0.2) is 0 Å². The molecule has 1 amide bonds. The van der Waals surface area contributed by atoms with Crippen LogP contribution in [0, 0.1) is 18.8 Å². The van der Waals surface area contributed by atoms with Crippen LogP contribution in [0.1, 0.15) is 36.7 Å². The average Bonchev–Trinajstić information content (AvgIpc) is 2.35. The van der Waals surface area contributed by atoms with E-state index in [4.69, 9.17) is 5.84 Å². The summed E-state index contributed by atoms with van der Waals surface area (Å²) in [5.74, 6) is 6.36. The predicted octanol–water partition coefficient (Wildman–Crippen LogP) is 2.30. The van der Waals surface area contributed by atoms with E-state index in [1.54, 1.807) is 6.07 Å². The number of nitrogens with two attached hydrogens (primary N) is 1. The minimum absolute atomic E-state index is 0.0332. The third-order valence-electron chi connectivity index (χ3n) is 3.37. The molecule has 0 saturated heterocycles. The lowest BCUT2D eigenvalue weighted by Gasteiger charge is -2.16. The van der Waals surface area contributed by atoms with E-state index in [0.29, 0.717) is 23.9 Å². The highest BCUT2D eigenvalue weighted by Gasteiger charge is 2.11. The monoisotopic (exact) mass is 249 g/mol. The fraction of sp³-hybridized carbons (Fsp3) is 0.500. The molecule has 0 radical (unpaired) electrons. The Morgan fingerprint density at radius 3 is 2.50 bits per heavy atom. The Balaban J connectivity index is 2.65. The number of rotatable bonds is 5. The quantitative estimate of drug-likeness (QED) is 0.554. The SMILES string of the molecule is Cc1cc(C(=O)NCC(C)C(C)C)ccc1NN. The van der Waals surface area contributed by atoms with Crippen LogP contribution in [0.3, 0.4) is 0 Å². The fourth-order valence-corrected chi connectivity index (χ4v) is 1.56. The van der Waals surface area contributed by atoms with Crippen LogP contribution in [0.4, 0.5) is 5.69 Å². The summed E-state index contributed by atoms with van der Waals surface area (Å²) in [6, 6.07) is 5.43. The number of anilines is 1. The van der Waals surface area contributed by atoms with Crippen LogP contribution in [0.2, 0.25) is 0 Å². The smallest absolute Gasteiger partial charge is 0.251 e. The molecule has 0 aliphatic heterocycles. The molecule has 0 aliphatic rings. The van der Waals surface area contributed by atoms with Crippen LogP contribution in [0.5, 0.6) is 0 Å². The fourth-order valence-electron chi connectivity index (χ4n) is 1.56. The van der Waals surface area contributed by atoms with Gasteiger partial charge in [-0.3, -0.25) is 10.6 Å². The standard InChI is InChI=1S/C14H23N3O/c1-9(2)11(4)8-16-14(18)12-5-6-13(17-15)10(3)7-12/h5-7,9,11,17H,8,15H2,1-4H3,(H,16,18). The first-order valence-corrected chi connectivity index (χ1v) is 6.31. The Morgan fingerprint density at radius 2 is 2.00 bits per heavy atom. The molecule has 4 nitrogen and oxygen atoms in total. The van der Waals surface area contributed by atoms with E-state index in [1.165, 1.54) is 0 Å². The van der Waals surface area contributed by atoms with Crippen molar-refractivity contribution < 1.29 is 4.79 Å². The van der Waals surface area contributed by atoms with Crippen LogP contribution in [-0.4, -0.2) is 12.5 Å². The Morgan fingerprint density at radius 1 is 1.33 bits per heavy atom. The van der Waals surface area contributed by atoms with Gasteiger partial charge in [-0.2, -0.15) is 0 Å². The lowest BCUT2D eigenvalue weighted by Crippen LogP contribution is -2.30. The second kappa shape index (κ2) is 6.40. The summed E-state index contributed by atoms with van der Waals surface area (Å²) < 4.78 is 0. The van der Waals surface area contributed by atoms with Crippen molar-refractivity contribution in [3.05, 3.63) is 29.3 Å². The van der Waals surface area contributed by atoms with E-state index >= 15 is 0 Å². The third-order valence-corrected chi connectivity index (χ3v) is 3.37. The van der Waals surface area contributed by atoms with Gasteiger partial charge in [0, 0.05) is 12.1 Å². The molecule has 1 rings (SSSR count). The Labute approximate surface area is 109 Å². The maximum atomic E-state index is 12.0. The molecule has 0 fully saturated rings. The molecule has 4 heteroatoms. The van der Waals surface area contributed by atoms with Gasteiger partial charge >= 0.3 is 0 Å². The van der Waals surface area contributed by atoms with Crippen molar-refractivity contribution in [2.45, 2.75) is 27.7 Å². The molecule has 1 aromatic carbocycles. The number of benzene rings is 1. The number of nitrogens with one attached hydrogen (secondary N) is 2. The minimum atomic E-state index is -0.0332. The van der Waals surface area contributed by atoms with Crippen molar-refractivity contribution >= 4 is 11.6 Å². The molecule has 0 spiro atoms. The molecule has 100 valence electrons. The summed E-state index contributed by atoms with van der Waals surface area (Å²) in [5, 5.41) is 2.95. The van der Waals surface area contributed by atoms with Crippen LogP contribution < -0.4 is 16.6 Å². The van der Waals surface area contributed by atoms with Gasteiger partial charge < -0.3 is 10.7 Å². The van der Waals surface area contributed by atoms with Crippen LogP contribution in [0.15, 0.2) is 18.2 Å². The van der Waals surface area contributed by atoms with Crippen molar-refractivity contribution in [3.8, 4) is 0 Å². The van der Waals surface area contributed by atoms with Gasteiger partial charge in [0.25, 0.3) is 5.91 Å². The highest BCUT2D eigenvalue weighted by atomic mass is 16.1. The lowest BCUT2D eigenvalue weighted by molar-refractivity contribution is 0.0945. The average molecular weight is 249 g/mol. The van der Waals surface area contributed by atoms with E-state index in [-0.39, 0.29) is 5.91 Å². The van der Waals surface area contributed by atoms with Gasteiger partial charge in [-0.15, -0.1) is 0 Å². The summed E-state index contributed by atoms with van der Waals surface area (Å²) in [6.45, 7) is 9.07. The number of carbonyl (C=O) groups is 1. The predicted molar refractivity (Wildman–Crippen MR) is 75.3 cm³/mol. The highest BCUT2D eigenvalue weighted by Crippen LogP contribution is 2.15. The normalized spacial score (nSPS) is 12.3. The minimum Gasteiger partial charge on any atom is -0.352 e. The maximum absolute atomic E-state index is 12.0. The van der Waals surface area contributed by atoms with Gasteiger partial charge in [-0.05, 0) is 42.5 Å². The molecule has 0 aliphatic carbocycles. The number of nitrogen functional groups attached to an aromatic ring is 1. The van der Waals surface area contributed by atoms with Gasteiger partial charge in [0.05, 0.1) is 5.69 Å². The Hall–Kier alpha value is -1.55. The summed E-state index contributed by atoms with van der Waals surface area (Å²) in [4.78, 5) is 12.0. The van der Waals surface area contributed by atoms with Gasteiger partial charge in [-0.1, -0.05) is 20.8 Å². The number of hydrogen-bond acceptors (Lipinski definition) is 3. The zero-order chi connectivity index (χ0) is 13.7. The Bertz CT molecular complexity index is 416. The van der Waals surface area contributed by atoms with E-state index < -0.39 is 0 Å². The topological polar surface area (TPSA) is 67.2 Å². The maximum Gasteiger partial charge on any atom is 0.251 e. The van der Waals surface area contributed by atoms with Gasteiger partial charge in [-0.25, -0.2) is 0 Å². The largest absolute Gasteiger partial charge is 0.352 e. The van der Waals surface area contributed by atoms with Crippen molar-refractivity contribution in [3.63, 3.8) is 0 Å². The summed E-state index contributed by atoms with van der Waals surface area (Å²) in [6.07, 6.45) is 0. The second-order valence-corrected chi connectivity index (χ2v) is 5.11. The van der Waals surface area contributed by atoms with Crippen LogP contribution in [-0.2, 0) is 0 Å².